The fourth-order valence-corrected chi connectivity index (χ4v) is 4.33. The summed E-state index contributed by atoms with van der Waals surface area (Å²) in [6, 6.07) is 17.8. The lowest BCUT2D eigenvalue weighted by Gasteiger charge is -2.49. The highest BCUT2D eigenvalue weighted by molar-refractivity contribution is 6.24. The summed E-state index contributed by atoms with van der Waals surface area (Å²) in [5.74, 6) is -1.49. The van der Waals surface area contributed by atoms with Crippen LogP contribution in [0.4, 0.5) is 11.4 Å². The van der Waals surface area contributed by atoms with Crippen LogP contribution >= 0.6 is 0 Å². The maximum atomic E-state index is 13.3. The lowest BCUT2D eigenvalue weighted by atomic mass is 9.86. The maximum Gasteiger partial charge on any atom is 0.269 e. The summed E-state index contributed by atoms with van der Waals surface area (Å²) in [4.78, 5) is 52.7. The van der Waals surface area contributed by atoms with Crippen LogP contribution in [-0.4, -0.2) is 33.6 Å². The van der Waals surface area contributed by atoms with Crippen LogP contribution in [0, 0.1) is 17.0 Å². The summed E-state index contributed by atoms with van der Waals surface area (Å²) in [7, 11) is 0. The lowest BCUT2D eigenvalue weighted by molar-refractivity contribution is -0.384. The number of anilines is 1. The van der Waals surface area contributed by atoms with Gasteiger partial charge in [0.05, 0.1) is 22.1 Å². The molecule has 2 atom stereocenters. The molecule has 1 fully saturated rings. The number of nitrogens with zero attached hydrogens (tertiary/aromatic N) is 3. The van der Waals surface area contributed by atoms with Crippen molar-refractivity contribution in [2.75, 3.05) is 4.90 Å². The van der Waals surface area contributed by atoms with E-state index >= 15 is 0 Å². The second-order valence-corrected chi connectivity index (χ2v) is 7.81. The van der Waals surface area contributed by atoms with Gasteiger partial charge in [-0.05, 0) is 36.8 Å². The molecule has 0 aliphatic carbocycles. The fraction of sp³-hybridized carbons (Fsp3) is 0.125. The Balaban J connectivity index is 1.61. The van der Waals surface area contributed by atoms with E-state index in [1.165, 1.54) is 23.1 Å². The monoisotopic (exact) mass is 427 g/mol. The summed E-state index contributed by atoms with van der Waals surface area (Å²) in [6.45, 7) is 1.92. The summed E-state index contributed by atoms with van der Waals surface area (Å²) in [5.41, 5.74) is 2.43. The van der Waals surface area contributed by atoms with Crippen molar-refractivity contribution < 1.29 is 19.3 Å². The third kappa shape index (κ3) is 2.80. The van der Waals surface area contributed by atoms with Gasteiger partial charge >= 0.3 is 0 Å². The summed E-state index contributed by atoms with van der Waals surface area (Å²) >= 11 is 0. The molecule has 2 aliphatic rings. The Labute approximate surface area is 182 Å². The van der Waals surface area contributed by atoms with Crippen molar-refractivity contribution in [1.82, 2.24) is 4.90 Å². The number of non-ortho nitro benzene ring substituents is 1. The van der Waals surface area contributed by atoms with Crippen LogP contribution < -0.4 is 4.90 Å². The number of amides is 3. The number of carbonyl (C=O) groups is 3. The molecule has 3 aromatic carbocycles. The van der Waals surface area contributed by atoms with Gasteiger partial charge in [-0.2, -0.15) is 0 Å². The molecule has 5 rings (SSSR count). The second kappa shape index (κ2) is 7.12. The number of hydrogen-bond acceptors (Lipinski definition) is 5. The van der Waals surface area contributed by atoms with Crippen molar-refractivity contribution in [3.8, 4) is 0 Å². The van der Waals surface area contributed by atoms with Crippen molar-refractivity contribution in [3.63, 3.8) is 0 Å². The third-order valence-corrected chi connectivity index (χ3v) is 5.91. The number of nitro benzene ring substituents is 1. The summed E-state index contributed by atoms with van der Waals surface area (Å²) in [5, 5.41) is 11.3. The average Bonchev–Trinajstić information content (AvgIpc) is 3.04. The van der Waals surface area contributed by atoms with Gasteiger partial charge in [0.15, 0.2) is 0 Å². The minimum Gasteiger partial charge on any atom is -0.300 e. The highest BCUT2D eigenvalue weighted by Crippen LogP contribution is 2.44. The molecule has 8 heteroatoms. The Morgan fingerprint density at radius 1 is 0.781 bits per heavy atom. The number of nitro groups is 1. The van der Waals surface area contributed by atoms with E-state index in [1.54, 1.807) is 42.5 Å². The Morgan fingerprint density at radius 2 is 1.41 bits per heavy atom. The summed E-state index contributed by atoms with van der Waals surface area (Å²) < 4.78 is 0. The molecule has 2 unspecified atom stereocenters. The molecule has 0 N–H and O–H groups in total. The average molecular weight is 427 g/mol. The van der Waals surface area contributed by atoms with Crippen LogP contribution in [0.3, 0.4) is 0 Å². The van der Waals surface area contributed by atoms with Gasteiger partial charge < -0.3 is 4.90 Å². The number of hydrogen-bond donors (Lipinski definition) is 0. The molecule has 32 heavy (non-hydrogen) atoms. The molecule has 0 radical (unpaired) electrons. The highest BCUT2D eigenvalue weighted by atomic mass is 16.6. The zero-order valence-electron chi connectivity index (χ0n) is 17.0. The minimum absolute atomic E-state index is 0.133. The molecule has 0 aromatic heterocycles. The first-order valence-corrected chi connectivity index (χ1v) is 9.99. The molecular formula is C24H17N3O5. The van der Waals surface area contributed by atoms with Gasteiger partial charge in [0.2, 0.25) is 0 Å². The molecule has 1 saturated heterocycles. The molecule has 3 amide bonds. The predicted molar refractivity (Wildman–Crippen MR) is 115 cm³/mol. The van der Waals surface area contributed by atoms with Crippen molar-refractivity contribution in [2.45, 2.75) is 19.0 Å². The molecule has 2 heterocycles. The molecule has 8 nitrogen and oxygen atoms in total. The number of β-lactam (4-membered cyclic amide) rings is 1. The van der Waals surface area contributed by atoms with Crippen molar-refractivity contribution in [3.05, 3.63) is 105 Å². The number of aryl methyl sites for hydroxylation is 1. The Morgan fingerprint density at radius 3 is 2.00 bits per heavy atom. The van der Waals surface area contributed by atoms with Crippen LogP contribution in [-0.2, 0) is 4.79 Å². The van der Waals surface area contributed by atoms with Gasteiger partial charge in [-0.1, -0.05) is 42.0 Å². The molecular weight excluding hydrogens is 410 g/mol. The van der Waals surface area contributed by atoms with Crippen LogP contribution in [0.25, 0.3) is 0 Å². The van der Waals surface area contributed by atoms with E-state index in [2.05, 4.69) is 0 Å². The SMILES string of the molecule is Cc1ccc(N2C(=O)C(N3C(=O)c4ccccc4C3=O)C2c2cccc([N+](=O)[O-])c2)cc1. The molecule has 0 bridgehead atoms. The zero-order chi connectivity index (χ0) is 22.6. The van der Waals surface area contributed by atoms with Gasteiger partial charge in [0, 0.05) is 17.8 Å². The molecule has 3 aromatic rings. The maximum absolute atomic E-state index is 13.3. The summed E-state index contributed by atoms with van der Waals surface area (Å²) in [6.07, 6.45) is 0. The Bertz CT molecular complexity index is 1270. The Hall–Kier alpha value is -4.33. The molecule has 0 saturated carbocycles. The smallest absolute Gasteiger partial charge is 0.269 e. The standard InChI is InChI=1S/C24H17N3O5/c1-14-9-11-16(12-10-14)25-20(15-5-4-6-17(13-15)27(31)32)21(24(25)30)26-22(28)18-7-2-3-8-19(18)23(26)29/h2-13,20-21H,1H3. The Kier molecular flexibility index (Phi) is 4.37. The van der Waals surface area contributed by atoms with Crippen LogP contribution in [0.1, 0.15) is 37.9 Å². The van der Waals surface area contributed by atoms with E-state index in [1.807, 2.05) is 19.1 Å². The third-order valence-electron chi connectivity index (χ3n) is 5.91. The lowest BCUT2D eigenvalue weighted by Crippen LogP contribution is -2.67. The topological polar surface area (TPSA) is 101 Å². The fourth-order valence-electron chi connectivity index (χ4n) is 4.33. The van der Waals surface area contributed by atoms with E-state index in [0.29, 0.717) is 11.3 Å². The highest BCUT2D eigenvalue weighted by Gasteiger charge is 2.57. The van der Waals surface area contributed by atoms with Crippen molar-refractivity contribution in [1.29, 1.82) is 0 Å². The van der Waals surface area contributed by atoms with Crippen LogP contribution in [0.2, 0.25) is 0 Å². The van der Waals surface area contributed by atoms with E-state index in [0.717, 1.165) is 10.5 Å². The second-order valence-electron chi connectivity index (χ2n) is 7.81. The number of benzene rings is 3. The van der Waals surface area contributed by atoms with Gasteiger partial charge in [0.1, 0.15) is 6.04 Å². The van der Waals surface area contributed by atoms with Crippen LogP contribution in [0.15, 0.2) is 72.8 Å². The first-order valence-electron chi connectivity index (χ1n) is 9.99. The van der Waals surface area contributed by atoms with E-state index < -0.39 is 34.7 Å². The largest absolute Gasteiger partial charge is 0.300 e. The van der Waals surface area contributed by atoms with E-state index in [4.69, 9.17) is 0 Å². The molecule has 158 valence electrons. The number of carbonyl (C=O) groups excluding carboxylic acids is 3. The zero-order valence-corrected chi connectivity index (χ0v) is 17.0. The van der Waals surface area contributed by atoms with Gasteiger partial charge in [0.25, 0.3) is 23.4 Å². The number of rotatable bonds is 4. The van der Waals surface area contributed by atoms with Crippen LogP contribution in [0.5, 0.6) is 0 Å². The van der Waals surface area contributed by atoms with E-state index in [-0.39, 0.29) is 16.8 Å². The predicted octanol–water partition coefficient (Wildman–Crippen LogP) is 3.66. The van der Waals surface area contributed by atoms with Gasteiger partial charge in [-0.3, -0.25) is 29.4 Å². The van der Waals surface area contributed by atoms with E-state index in [9.17, 15) is 24.5 Å². The van der Waals surface area contributed by atoms with Gasteiger partial charge in [-0.15, -0.1) is 0 Å². The normalized spacial score (nSPS) is 19.7. The number of fused-ring (bicyclic) bond motifs is 1. The van der Waals surface area contributed by atoms with Crippen molar-refractivity contribution >= 4 is 29.1 Å². The number of imide groups is 1. The minimum atomic E-state index is -1.09. The van der Waals surface area contributed by atoms with Gasteiger partial charge in [-0.25, -0.2) is 0 Å². The van der Waals surface area contributed by atoms with Crippen molar-refractivity contribution in [2.24, 2.45) is 0 Å². The first-order chi connectivity index (χ1) is 15.4. The first kappa shape index (κ1) is 19.6. The quantitative estimate of drug-likeness (QED) is 0.274. The molecule has 0 spiro atoms. The molecule has 2 aliphatic heterocycles.